The number of aryl methyl sites for hydroxylation is 1. The van der Waals surface area contributed by atoms with E-state index >= 15 is 0 Å². The van der Waals surface area contributed by atoms with Gasteiger partial charge in [-0.3, -0.25) is 0 Å². The highest BCUT2D eigenvalue weighted by Gasteiger charge is 1.90. The summed E-state index contributed by atoms with van der Waals surface area (Å²) in [5.74, 6) is 0. The second-order valence-corrected chi connectivity index (χ2v) is 3.10. The van der Waals surface area contributed by atoms with Crippen LogP contribution < -0.4 is 0 Å². The molecule has 0 unspecified atom stereocenters. The second-order valence-electron chi connectivity index (χ2n) is 1.95. The summed E-state index contributed by atoms with van der Waals surface area (Å²) in [5, 5.41) is 0.959. The van der Waals surface area contributed by atoms with Gasteiger partial charge in [-0.1, -0.05) is 13.0 Å². The van der Waals surface area contributed by atoms with E-state index < -0.39 is 0 Å². The number of hydrogen-bond donors (Lipinski definition) is 1. The Morgan fingerprint density at radius 3 is 2.80 bits per heavy atom. The number of rotatable bonds is 2. The molecule has 0 aliphatic rings. The van der Waals surface area contributed by atoms with Crippen molar-refractivity contribution in [1.29, 1.82) is 0 Å². The Balaban J connectivity index is 2.80. The standard InChI is InChI=1S/C7H9NS2/c1-2-6-3-4-7(10-9)8-5-6/h3-5,9H,2H2,1H3. The van der Waals surface area contributed by atoms with E-state index in [4.69, 9.17) is 0 Å². The smallest absolute Gasteiger partial charge is 0.106 e. The maximum Gasteiger partial charge on any atom is 0.106 e. The molecular weight excluding hydrogens is 162 g/mol. The van der Waals surface area contributed by atoms with Crippen LogP contribution in [-0.2, 0) is 6.42 Å². The van der Waals surface area contributed by atoms with E-state index in [1.165, 1.54) is 16.4 Å². The summed E-state index contributed by atoms with van der Waals surface area (Å²) in [6, 6.07) is 4.06. The minimum Gasteiger partial charge on any atom is -0.249 e. The quantitative estimate of drug-likeness (QED) is 0.542. The number of pyridine rings is 1. The topological polar surface area (TPSA) is 12.9 Å². The van der Waals surface area contributed by atoms with E-state index in [-0.39, 0.29) is 0 Å². The lowest BCUT2D eigenvalue weighted by Crippen LogP contribution is -1.81. The lowest BCUT2D eigenvalue weighted by molar-refractivity contribution is 1.05. The highest BCUT2D eigenvalue weighted by molar-refractivity contribution is 8.68. The predicted octanol–water partition coefficient (Wildman–Crippen LogP) is 2.58. The van der Waals surface area contributed by atoms with Crippen molar-refractivity contribution in [3.63, 3.8) is 0 Å². The summed E-state index contributed by atoms with van der Waals surface area (Å²) in [4.78, 5) is 4.15. The van der Waals surface area contributed by atoms with Gasteiger partial charge in [0.05, 0.1) is 0 Å². The first kappa shape index (κ1) is 7.95. The van der Waals surface area contributed by atoms with Gasteiger partial charge in [0.15, 0.2) is 0 Å². The van der Waals surface area contributed by atoms with E-state index in [0.717, 1.165) is 11.4 Å². The molecular formula is C7H9NS2. The molecule has 0 saturated heterocycles. The Kier molecular flexibility index (Phi) is 3.09. The molecule has 3 heteroatoms. The zero-order chi connectivity index (χ0) is 7.40. The first-order valence-corrected chi connectivity index (χ1v) is 5.00. The molecule has 54 valence electrons. The second kappa shape index (κ2) is 3.88. The van der Waals surface area contributed by atoms with Crippen LogP contribution in [0.15, 0.2) is 23.4 Å². The van der Waals surface area contributed by atoms with E-state index in [0.29, 0.717) is 0 Å². The summed E-state index contributed by atoms with van der Waals surface area (Å²) in [6.07, 6.45) is 2.93. The van der Waals surface area contributed by atoms with Gasteiger partial charge < -0.3 is 0 Å². The highest BCUT2D eigenvalue weighted by atomic mass is 33.1. The minimum absolute atomic E-state index is 0.959. The lowest BCUT2D eigenvalue weighted by Gasteiger charge is -1.95. The van der Waals surface area contributed by atoms with Crippen LogP contribution in [0.4, 0.5) is 0 Å². The monoisotopic (exact) mass is 171 g/mol. The minimum atomic E-state index is 0.959. The van der Waals surface area contributed by atoms with Gasteiger partial charge in [0.25, 0.3) is 0 Å². The normalized spacial score (nSPS) is 9.80. The third-order valence-corrected chi connectivity index (χ3v) is 2.29. The number of aromatic nitrogens is 1. The van der Waals surface area contributed by atoms with Gasteiger partial charge >= 0.3 is 0 Å². The van der Waals surface area contributed by atoms with Crippen molar-refractivity contribution in [1.82, 2.24) is 4.98 Å². The molecule has 0 radical (unpaired) electrons. The molecule has 0 bridgehead atoms. The molecule has 0 saturated carbocycles. The number of hydrogen-bond acceptors (Lipinski definition) is 3. The number of nitrogens with zero attached hydrogens (tertiary/aromatic N) is 1. The molecule has 1 aromatic rings. The molecule has 1 aromatic heterocycles. The molecule has 0 amide bonds. The molecule has 1 heterocycles. The molecule has 0 atom stereocenters. The van der Waals surface area contributed by atoms with Crippen molar-refractivity contribution in [2.45, 2.75) is 18.4 Å². The lowest BCUT2D eigenvalue weighted by atomic mass is 10.2. The Labute approximate surface area is 70.1 Å². The van der Waals surface area contributed by atoms with E-state index in [1.54, 1.807) is 0 Å². The summed E-state index contributed by atoms with van der Waals surface area (Å²) in [6.45, 7) is 2.12. The first-order chi connectivity index (χ1) is 4.86. The van der Waals surface area contributed by atoms with Crippen LogP contribution in [0.25, 0.3) is 0 Å². The van der Waals surface area contributed by atoms with E-state index in [9.17, 15) is 0 Å². The third-order valence-electron chi connectivity index (χ3n) is 1.30. The summed E-state index contributed by atoms with van der Waals surface area (Å²) in [7, 11) is 1.37. The van der Waals surface area contributed by atoms with Crippen molar-refractivity contribution < 1.29 is 0 Å². The maximum atomic E-state index is 4.15. The molecule has 10 heavy (non-hydrogen) atoms. The third kappa shape index (κ3) is 1.92. The number of thiol groups is 1. The van der Waals surface area contributed by atoms with Gasteiger partial charge in [0, 0.05) is 6.20 Å². The molecule has 0 N–H and O–H groups in total. The summed E-state index contributed by atoms with van der Waals surface area (Å²) >= 11 is 4.03. The van der Waals surface area contributed by atoms with Crippen LogP contribution in [0.3, 0.4) is 0 Å². The van der Waals surface area contributed by atoms with Crippen LogP contribution >= 0.6 is 22.5 Å². The van der Waals surface area contributed by atoms with E-state index in [2.05, 4.69) is 29.6 Å². The van der Waals surface area contributed by atoms with Crippen LogP contribution in [0.1, 0.15) is 12.5 Å². The molecule has 0 fully saturated rings. The summed E-state index contributed by atoms with van der Waals surface area (Å²) in [5.41, 5.74) is 1.27. The van der Waals surface area contributed by atoms with Crippen LogP contribution in [0.2, 0.25) is 0 Å². The van der Waals surface area contributed by atoms with Gasteiger partial charge in [0.1, 0.15) is 5.03 Å². The van der Waals surface area contributed by atoms with E-state index in [1.807, 2.05) is 12.3 Å². The van der Waals surface area contributed by atoms with Gasteiger partial charge in [-0.05, 0) is 28.8 Å². The van der Waals surface area contributed by atoms with Crippen molar-refractivity contribution in [3.05, 3.63) is 23.9 Å². The van der Waals surface area contributed by atoms with Crippen molar-refractivity contribution in [2.24, 2.45) is 0 Å². The van der Waals surface area contributed by atoms with Crippen LogP contribution in [0.5, 0.6) is 0 Å². The molecule has 0 spiro atoms. The van der Waals surface area contributed by atoms with Crippen molar-refractivity contribution in [3.8, 4) is 0 Å². The SMILES string of the molecule is CCc1ccc(SS)nc1. The fourth-order valence-corrected chi connectivity index (χ4v) is 1.23. The zero-order valence-electron chi connectivity index (χ0n) is 5.74. The van der Waals surface area contributed by atoms with Crippen LogP contribution in [0, 0.1) is 0 Å². The molecule has 0 aliphatic heterocycles. The summed E-state index contributed by atoms with van der Waals surface area (Å²) < 4.78 is 0. The molecule has 1 nitrogen and oxygen atoms in total. The maximum absolute atomic E-state index is 4.15. The first-order valence-electron chi connectivity index (χ1n) is 3.13. The molecule has 0 aliphatic carbocycles. The van der Waals surface area contributed by atoms with Crippen molar-refractivity contribution in [2.75, 3.05) is 0 Å². The Bertz CT molecular complexity index is 172. The van der Waals surface area contributed by atoms with Gasteiger partial charge in [-0.15, -0.1) is 11.7 Å². The highest BCUT2D eigenvalue weighted by Crippen LogP contribution is 2.18. The Hall–Kier alpha value is -0.150. The fraction of sp³-hybridized carbons (Fsp3) is 0.286. The zero-order valence-corrected chi connectivity index (χ0v) is 7.45. The average molecular weight is 171 g/mol. The molecule has 0 aromatic carbocycles. The Morgan fingerprint density at radius 2 is 2.40 bits per heavy atom. The Morgan fingerprint density at radius 1 is 1.60 bits per heavy atom. The van der Waals surface area contributed by atoms with Gasteiger partial charge in [-0.2, -0.15) is 0 Å². The molecule has 1 rings (SSSR count). The van der Waals surface area contributed by atoms with Crippen LogP contribution in [-0.4, -0.2) is 4.98 Å². The largest absolute Gasteiger partial charge is 0.249 e. The van der Waals surface area contributed by atoms with Gasteiger partial charge in [-0.25, -0.2) is 4.98 Å². The fourth-order valence-electron chi connectivity index (χ4n) is 0.674. The average Bonchev–Trinajstić information content (AvgIpc) is 2.05. The predicted molar refractivity (Wildman–Crippen MR) is 48.5 cm³/mol. The van der Waals surface area contributed by atoms with Gasteiger partial charge in [0.2, 0.25) is 0 Å². The van der Waals surface area contributed by atoms with Crippen molar-refractivity contribution >= 4 is 22.5 Å².